The molecule has 0 fully saturated rings. The van der Waals surface area contributed by atoms with Crippen molar-refractivity contribution in [3.63, 3.8) is 0 Å². The van der Waals surface area contributed by atoms with Gasteiger partial charge >= 0.3 is 11.7 Å². The molecular formula is C17H17NO5. The van der Waals surface area contributed by atoms with E-state index < -0.39 is 17.0 Å². The maximum absolute atomic E-state index is 12.2. The van der Waals surface area contributed by atoms with Gasteiger partial charge in [-0.25, -0.2) is 4.79 Å². The van der Waals surface area contributed by atoms with Gasteiger partial charge in [-0.2, -0.15) is 0 Å². The van der Waals surface area contributed by atoms with Crippen LogP contribution in [0.25, 0.3) is 0 Å². The van der Waals surface area contributed by atoms with Gasteiger partial charge in [0.15, 0.2) is 5.75 Å². The van der Waals surface area contributed by atoms with Crippen molar-refractivity contribution in [3.05, 3.63) is 69.8 Å². The lowest BCUT2D eigenvalue weighted by Crippen LogP contribution is -2.10. The highest BCUT2D eigenvalue weighted by Crippen LogP contribution is 2.29. The highest BCUT2D eigenvalue weighted by atomic mass is 16.6. The quantitative estimate of drug-likeness (QED) is 0.459. The summed E-state index contributed by atoms with van der Waals surface area (Å²) < 4.78 is 10.5. The molecule has 0 spiro atoms. The second-order valence-electron chi connectivity index (χ2n) is 4.83. The zero-order valence-electron chi connectivity index (χ0n) is 12.9. The molecule has 0 saturated carbocycles. The number of carbonyl (C=O) groups excluding carboxylic acids is 1. The van der Waals surface area contributed by atoms with Crippen LogP contribution in [0.5, 0.6) is 5.75 Å². The number of nitro groups is 1. The monoisotopic (exact) mass is 315 g/mol. The smallest absolute Gasteiger partial charge is 0.338 e. The number of hydrogen-bond donors (Lipinski definition) is 0. The molecular weight excluding hydrogens is 298 g/mol. The molecule has 0 heterocycles. The van der Waals surface area contributed by atoms with Crippen LogP contribution < -0.4 is 4.74 Å². The summed E-state index contributed by atoms with van der Waals surface area (Å²) in [6.07, 6.45) is -0.450. The number of rotatable bonds is 6. The lowest BCUT2D eigenvalue weighted by atomic mass is 10.1. The second kappa shape index (κ2) is 7.40. The first-order chi connectivity index (χ1) is 11.0. The van der Waals surface area contributed by atoms with Gasteiger partial charge < -0.3 is 9.47 Å². The topological polar surface area (TPSA) is 78.7 Å². The molecule has 0 aliphatic heterocycles. The molecule has 6 nitrogen and oxygen atoms in total. The third-order valence-electron chi connectivity index (χ3n) is 3.24. The van der Waals surface area contributed by atoms with Crippen molar-refractivity contribution in [2.75, 3.05) is 6.61 Å². The van der Waals surface area contributed by atoms with Gasteiger partial charge in [0, 0.05) is 6.07 Å². The number of benzene rings is 2. The maximum Gasteiger partial charge on any atom is 0.338 e. The summed E-state index contributed by atoms with van der Waals surface area (Å²) >= 11 is 0. The van der Waals surface area contributed by atoms with Crippen LogP contribution in [0.2, 0.25) is 0 Å². The van der Waals surface area contributed by atoms with E-state index in [1.165, 1.54) is 18.2 Å². The third kappa shape index (κ3) is 4.06. The van der Waals surface area contributed by atoms with Gasteiger partial charge in [-0.1, -0.05) is 30.3 Å². The summed E-state index contributed by atoms with van der Waals surface area (Å²) in [5.74, 6) is -0.488. The largest absolute Gasteiger partial charge is 0.487 e. The molecule has 0 aliphatic carbocycles. The fourth-order valence-electron chi connectivity index (χ4n) is 2.09. The van der Waals surface area contributed by atoms with Gasteiger partial charge in [0.1, 0.15) is 6.10 Å². The van der Waals surface area contributed by atoms with Crippen LogP contribution in [0.4, 0.5) is 5.69 Å². The first-order valence-electron chi connectivity index (χ1n) is 7.20. The minimum Gasteiger partial charge on any atom is -0.487 e. The predicted octanol–water partition coefficient (Wildman–Crippen LogP) is 3.91. The molecule has 2 aromatic carbocycles. The zero-order chi connectivity index (χ0) is 16.8. The van der Waals surface area contributed by atoms with Crippen molar-refractivity contribution in [1.29, 1.82) is 0 Å². The highest BCUT2D eigenvalue weighted by Gasteiger charge is 2.20. The first kappa shape index (κ1) is 16.5. The molecule has 0 aliphatic rings. The average Bonchev–Trinajstić information content (AvgIpc) is 2.56. The summed E-state index contributed by atoms with van der Waals surface area (Å²) in [6.45, 7) is 3.78. The van der Waals surface area contributed by atoms with Gasteiger partial charge in [-0.05, 0) is 31.5 Å². The van der Waals surface area contributed by atoms with E-state index in [0.717, 1.165) is 5.56 Å². The number of ether oxygens (including phenoxy) is 2. The normalized spacial score (nSPS) is 11.6. The van der Waals surface area contributed by atoms with Crippen molar-refractivity contribution < 1.29 is 19.2 Å². The van der Waals surface area contributed by atoms with E-state index in [0.29, 0.717) is 6.61 Å². The molecule has 2 aromatic rings. The van der Waals surface area contributed by atoms with E-state index in [-0.39, 0.29) is 17.0 Å². The molecule has 0 radical (unpaired) electrons. The first-order valence-corrected chi connectivity index (χ1v) is 7.20. The Hall–Kier alpha value is -2.89. The zero-order valence-corrected chi connectivity index (χ0v) is 12.9. The molecule has 0 N–H and O–H groups in total. The van der Waals surface area contributed by atoms with Crippen LogP contribution in [0, 0.1) is 10.1 Å². The minimum atomic E-state index is -0.618. The molecule has 0 bridgehead atoms. The van der Waals surface area contributed by atoms with Gasteiger partial charge in [0.2, 0.25) is 0 Å². The Morgan fingerprint density at radius 3 is 2.52 bits per heavy atom. The Balaban J connectivity index is 2.19. The van der Waals surface area contributed by atoms with Crippen molar-refractivity contribution in [2.24, 2.45) is 0 Å². The predicted molar refractivity (Wildman–Crippen MR) is 84.5 cm³/mol. The maximum atomic E-state index is 12.2. The summed E-state index contributed by atoms with van der Waals surface area (Å²) in [7, 11) is 0. The molecule has 0 amide bonds. The van der Waals surface area contributed by atoms with Crippen LogP contribution in [0.1, 0.15) is 35.9 Å². The molecule has 2 rings (SSSR count). The fraction of sp³-hybridized carbons (Fsp3) is 0.235. The van der Waals surface area contributed by atoms with E-state index in [1.807, 2.05) is 30.3 Å². The number of esters is 1. The van der Waals surface area contributed by atoms with E-state index in [1.54, 1.807) is 13.8 Å². The van der Waals surface area contributed by atoms with Gasteiger partial charge in [0.05, 0.1) is 17.1 Å². The van der Waals surface area contributed by atoms with Crippen LogP contribution in [-0.4, -0.2) is 17.5 Å². The van der Waals surface area contributed by atoms with Gasteiger partial charge in [-0.15, -0.1) is 0 Å². The Morgan fingerprint density at radius 2 is 1.91 bits per heavy atom. The van der Waals surface area contributed by atoms with Crippen molar-refractivity contribution >= 4 is 11.7 Å². The number of carbonyl (C=O) groups is 1. The summed E-state index contributed by atoms with van der Waals surface area (Å²) in [5.41, 5.74) is 0.706. The second-order valence-corrected chi connectivity index (χ2v) is 4.83. The summed E-state index contributed by atoms with van der Waals surface area (Å²) in [4.78, 5) is 22.7. The van der Waals surface area contributed by atoms with Crippen molar-refractivity contribution in [3.8, 4) is 5.75 Å². The lowest BCUT2D eigenvalue weighted by Gasteiger charge is -2.13. The Morgan fingerprint density at radius 1 is 1.22 bits per heavy atom. The Bertz CT molecular complexity index is 699. The number of nitro benzene ring substituents is 1. The van der Waals surface area contributed by atoms with Crippen molar-refractivity contribution in [1.82, 2.24) is 0 Å². The van der Waals surface area contributed by atoms with Crippen LogP contribution in [0.15, 0.2) is 48.5 Å². The van der Waals surface area contributed by atoms with Gasteiger partial charge in [0.25, 0.3) is 0 Å². The molecule has 0 aromatic heterocycles. The summed E-state index contributed by atoms with van der Waals surface area (Å²) in [6, 6.07) is 13.3. The van der Waals surface area contributed by atoms with E-state index in [4.69, 9.17) is 9.47 Å². The number of nitrogens with zero attached hydrogens (tertiary/aromatic N) is 1. The molecule has 120 valence electrons. The fourth-order valence-corrected chi connectivity index (χ4v) is 2.09. The third-order valence-corrected chi connectivity index (χ3v) is 3.24. The van der Waals surface area contributed by atoms with E-state index in [2.05, 4.69) is 0 Å². The Kier molecular flexibility index (Phi) is 5.30. The van der Waals surface area contributed by atoms with Gasteiger partial charge in [-0.3, -0.25) is 10.1 Å². The molecule has 1 atom stereocenters. The summed E-state index contributed by atoms with van der Waals surface area (Å²) in [5, 5.41) is 11.1. The minimum absolute atomic E-state index is 0.114. The number of hydrogen-bond acceptors (Lipinski definition) is 5. The average molecular weight is 315 g/mol. The van der Waals surface area contributed by atoms with Crippen LogP contribution >= 0.6 is 0 Å². The van der Waals surface area contributed by atoms with Crippen LogP contribution in [-0.2, 0) is 4.74 Å². The standard InChI is InChI=1S/C17H17NO5/c1-3-22-16-10-9-14(11-15(16)18(20)21)17(19)23-12(2)13-7-5-4-6-8-13/h4-12H,3H2,1-2H3/t12-/m0/s1. The Labute approximate surface area is 133 Å². The molecule has 0 saturated heterocycles. The molecule has 23 heavy (non-hydrogen) atoms. The molecule has 0 unspecified atom stereocenters. The molecule has 6 heteroatoms. The van der Waals surface area contributed by atoms with Crippen molar-refractivity contribution in [2.45, 2.75) is 20.0 Å². The van der Waals surface area contributed by atoms with Crippen LogP contribution in [0.3, 0.4) is 0 Å². The lowest BCUT2D eigenvalue weighted by molar-refractivity contribution is -0.385. The van der Waals surface area contributed by atoms with E-state index in [9.17, 15) is 14.9 Å². The SMILES string of the molecule is CCOc1ccc(C(=O)O[C@@H](C)c2ccccc2)cc1[N+](=O)[O-]. The highest BCUT2D eigenvalue weighted by molar-refractivity contribution is 5.90. The van der Waals surface area contributed by atoms with E-state index >= 15 is 0 Å².